The molecule has 1 amide bonds. The second-order valence-corrected chi connectivity index (χ2v) is 8.35. The molecule has 2 aromatic rings. The molecule has 0 aromatic carbocycles. The number of pyridine rings is 1. The summed E-state index contributed by atoms with van der Waals surface area (Å²) in [6.07, 6.45) is 1.51. The van der Waals surface area contributed by atoms with Crippen LogP contribution in [0.5, 0.6) is 5.88 Å². The third-order valence-electron chi connectivity index (χ3n) is 5.63. The molecule has 0 aliphatic carbocycles. The normalized spacial score (nSPS) is 25.2. The number of ether oxygens (including phenoxy) is 2. The van der Waals surface area contributed by atoms with Crippen molar-refractivity contribution >= 4 is 46.2 Å². The maximum Gasteiger partial charge on any atom is 0.408 e. The van der Waals surface area contributed by atoms with E-state index in [-0.39, 0.29) is 41.6 Å². The van der Waals surface area contributed by atoms with E-state index in [1.165, 1.54) is 23.8 Å². The molecule has 2 aliphatic rings. The summed E-state index contributed by atoms with van der Waals surface area (Å²) in [6, 6.07) is -0.435. The Balaban J connectivity index is 1.85. The van der Waals surface area contributed by atoms with E-state index < -0.39 is 35.7 Å². The van der Waals surface area contributed by atoms with Crippen molar-refractivity contribution < 1.29 is 27.9 Å². The van der Waals surface area contributed by atoms with Crippen molar-refractivity contribution in [2.45, 2.75) is 29.6 Å². The standard InChI is InChI=1S/C18H21ClFN5O4S/c1-28-8-18-5-4-9(25(18)17(26)27)6-24(7-18)14-10-12(21-16(23-14)30-3)11(20)13(19)22-15(10)29-2/h9H,4-8H2,1-3H3,(H,26,27)/t9-,18+/m1/s1/i1D3. The highest BCUT2D eigenvalue weighted by molar-refractivity contribution is 7.98. The number of aromatic nitrogens is 3. The van der Waals surface area contributed by atoms with Crippen LogP contribution in [-0.2, 0) is 4.74 Å². The van der Waals surface area contributed by atoms with E-state index in [0.29, 0.717) is 18.7 Å². The Bertz CT molecular complexity index is 1110. The molecule has 0 unspecified atom stereocenters. The van der Waals surface area contributed by atoms with Gasteiger partial charge in [0, 0.05) is 20.1 Å². The lowest BCUT2D eigenvalue weighted by molar-refractivity contribution is 0.0178. The number of thioether (sulfide) groups is 1. The van der Waals surface area contributed by atoms with Crippen molar-refractivity contribution in [2.24, 2.45) is 0 Å². The minimum Gasteiger partial charge on any atom is -0.480 e. The Hall–Kier alpha value is -2.11. The van der Waals surface area contributed by atoms with Crippen molar-refractivity contribution in [3.8, 4) is 5.88 Å². The lowest BCUT2D eigenvalue weighted by Crippen LogP contribution is -2.65. The second-order valence-electron chi connectivity index (χ2n) is 7.22. The number of nitrogens with zero attached hydrogens (tertiary/aromatic N) is 5. The average molecular weight is 461 g/mol. The van der Waals surface area contributed by atoms with E-state index in [2.05, 4.69) is 15.0 Å². The first kappa shape index (κ1) is 17.6. The van der Waals surface area contributed by atoms with Gasteiger partial charge in [-0.15, -0.1) is 0 Å². The van der Waals surface area contributed by atoms with Crippen LogP contribution in [-0.4, -0.2) is 82.7 Å². The van der Waals surface area contributed by atoms with E-state index in [4.69, 9.17) is 25.2 Å². The Morgan fingerprint density at radius 3 is 2.97 bits per heavy atom. The minimum absolute atomic E-state index is 0.0276. The molecule has 12 heteroatoms. The molecule has 2 atom stereocenters. The smallest absolute Gasteiger partial charge is 0.408 e. The molecule has 2 aromatic heterocycles. The number of methoxy groups -OCH3 is 2. The molecule has 4 heterocycles. The highest BCUT2D eigenvalue weighted by Crippen LogP contribution is 2.43. The summed E-state index contributed by atoms with van der Waals surface area (Å²) in [6.45, 7) is 0.0190. The number of fused-ring (bicyclic) bond motifs is 3. The monoisotopic (exact) mass is 460 g/mol. The summed E-state index contributed by atoms with van der Waals surface area (Å²) in [7, 11) is -1.32. The number of anilines is 1. The van der Waals surface area contributed by atoms with Gasteiger partial charge in [-0.25, -0.2) is 19.2 Å². The maximum absolute atomic E-state index is 14.9. The molecule has 2 aliphatic heterocycles. The fourth-order valence-electron chi connectivity index (χ4n) is 4.46. The van der Waals surface area contributed by atoms with E-state index in [1.807, 2.05) is 0 Å². The number of rotatable bonds is 5. The van der Waals surface area contributed by atoms with E-state index in [1.54, 1.807) is 11.2 Å². The average Bonchev–Trinajstić information content (AvgIpc) is 3.01. The van der Waals surface area contributed by atoms with Gasteiger partial charge in [0.05, 0.1) is 29.4 Å². The van der Waals surface area contributed by atoms with Crippen LogP contribution >= 0.6 is 23.4 Å². The fraction of sp³-hybridized carbons (Fsp3) is 0.556. The highest BCUT2D eigenvalue weighted by Gasteiger charge is 2.54. The summed E-state index contributed by atoms with van der Waals surface area (Å²) in [5.41, 5.74) is -1.19. The van der Waals surface area contributed by atoms with Gasteiger partial charge in [0.2, 0.25) is 5.88 Å². The summed E-state index contributed by atoms with van der Waals surface area (Å²) in [5.74, 6) is -0.488. The van der Waals surface area contributed by atoms with Crippen LogP contribution in [0.15, 0.2) is 5.16 Å². The quantitative estimate of drug-likeness (QED) is 0.410. The largest absolute Gasteiger partial charge is 0.480 e. The third-order valence-corrected chi connectivity index (χ3v) is 6.43. The van der Waals surface area contributed by atoms with Gasteiger partial charge in [-0.3, -0.25) is 4.90 Å². The molecule has 2 saturated heterocycles. The van der Waals surface area contributed by atoms with Gasteiger partial charge in [0.1, 0.15) is 16.7 Å². The topological polar surface area (TPSA) is 101 Å². The third kappa shape index (κ3) is 3.19. The van der Waals surface area contributed by atoms with Crippen molar-refractivity contribution in [2.75, 3.05) is 45.0 Å². The van der Waals surface area contributed by atoms with Gasteiger partial charge in [-0.1, -0.05) is 23.4 Å². The zero-order valence-electron chi connectivity index (χ0n) is 19.2. The Morgan fingerprint density at radius 2 is 2.30 bits per heavy atom. The lowest BCUT2D eigenvalue weighted by Gasteiger charge is -2.47. The molecule has 0 saturated carbocycles. The van der Waals surface area contributed by atoms with Crippen molar-refractivity contribution in [1.82, 2.24) is 19.9 Å². The lowest BCUT2D eigenvalue weighted by atomic mass is 9.96. The van der Waals surface area contributed by atoms with E-state index >= 15 is 0 Å². The van der Waals surface area contributed by atoms with Crippen LogP contribution in [0.2, 0.25) is 5.15 Å². The molecular weight excluding hydrogens is 437 g/mol. The molecular formula is C18H21ClFN5O4S. The van der Waals surface area contributed by atoms with Crippen molar-refractivity contribution in [3.05, 3.63) is 11.0 Å². The number of carbonyl (C=O) groups is 1. The Labute approximate surface area is 185 Å². The van der Waals surface area contributed by atoms with Crippen LogP contribution in [0.4, 0.5) is 15.0 Å². The molecule has 30 heavy (non-hydrogen) atoms. The second kappa shape index (κ2) is 7.86. The number of piperazine rings is 1. The summed E-state index contributed by atoms with van der Waals surface area (Å²) < 4.78 is 47.5. The Morgan fingerprint density at radius 1 is 1.50 bits per heavy atom. The number of amides is 1. The van der Waals surface area contributed by atoms with Gasteiger partial charge < -0.3 is 19.5 Å². The van der Waals surface area contributed by atoms with Gasteiger partial charge in [-0.05, 0) is 19.1 Å². The maximum atomic E-state index is 14.9. The molecule has 9 nitrogen and oxygen atoms in total. The number of hydrogen-bond acceptors (Lipinski definition) is 8. The van der Waals surface area contributed by atoms with Gasteiger partial charge in [0.15, 0.2) is 16.1 Å². The van der Waals surface area contributed by atoms with Crippen LogP contribution in [0.25, 0.3) is 10.9 Å². The molecule has 0 radical (unpaired) electrons. The van der Waals surface area contributed by atoms with Crippen LogP contribution < -0.4 is 9.64 Å². The van der Waals surface area contributed by atoms with Crippen molar-refractivity contribution in [3.63, 3.8) is 0 Å². The Kier molecular flexibility index (Phi) is 4.60. The van der Waals surface area contributed by atoms with Crippen LogP contribution in [0.1, 0.15) is 17.0 Å². The predicted molar refractivity (Wildman–Crippen MR) is 110 cm³/mol. The first-order chi connectivity index (χ1) is 15.5. The van der Waals surface area contributed by atoms with Gasteiger partial charge in [-0.2, -0.15) is 4.98 Å². The van der Waals surface area contributed by atoms with Crippen LogP contribution in [0.3, 0.4) is 0 Å². The molecule has 1 N–H and O–H groups in total. The molecule has 2 bridgehead atoms. The number of halogens is 2. The number of carboxylic acid groups (broad SMARTS) is 1. The minimum atomic E-state index is -2.68. The zero-order chi connectivity index (χ0) is 24.1. The first-order valence-electron chi connectivity index (χ1n) is 10.6. The van der Waals surface area contributed by atoms with Crippen LogP contribution in [0, 0.1) is 5.82 Å². The van der Waals surface area contributed by atoms with Gasteiger partial charge >= 0.3 is 6.09 Å². The number of hydrogen-bond donors (Lipinski definition) is 1. The highest BCUT2D eigenvalue weighted by atomic mass is 35.5. The summed E-state index contributed by atoms with van der Waals surface area (Å²) in [5, 5.41) is 9.95. The molecule has 2 fully saturated rings. The van der Waals surface area contributed by atoms with Gasteiger partial charge in [0.25, 0.3) is 0 Å². The van der Waals surface area contributed by atoms with Crippen molar-refractivity contribution in [1.29, 1.82) is 0 Å². The SMILES string of the molecule is [2H]C([2H])([2H])OC[C@]12CC[C@H](CN(c3nc(SC)nc4c(F)c(Cl)nc(OC)c34)C1)N2C(=O)O. The predicted octanol–water partition coefficient (Wildman–Crippen LogP) is 2.90. The van der Waals surface area contributed by atoms with E-state index in [9.17, 15) is 14.3 Å². The zero-order valence-corrected chi connectivity index (χ0v) is 17.8. The molecule has 0 spiro atoms. The fourth-order valence-corrected chi connectivity index (χ4v) is 4.99. The summed E-state index contributed by atoms with van der Waals surface area (Å²) in [4.78, 5) is 27.9. The molecule has 4 rings (SSSR count). The van der Waals surface area contributed by atoms with E-state index in [0.717, 1.165) is 0 Å². The molecule has 162 valence electrons. The first-order valence-corrected chi connectivity index (χ1v) is 10.7. The summed E-state index contributed by atoms with van der Waals surface area (Å²) >= 11 is 7.13.